The van der Waals surface area contributed by atoms with Gasteiger partial charge in [-0.25, -0.2) is 0 Å². The number of hydrogen-bond donors (Lipinski definition) is 0. The molecule has 0 aliphatic carbocycles. The van der Waals surface area contributed by atoms with Crippen LogP contribution in [0.1, 0.15) is 36.4 Å². The number of carbonyl (C=O) groups is 1. The first-order valence-electron chi connectivity index (χ1n) is 9.54. The van der Waals surface area contributed by atoms with Gasteiger partial charge in [0.15, 0.2) is 0 Å². The van der Waals surface area contributed by atoms with Crippen molar-refractivity contribution in [1.29, 1.82) is 0 Å². The minimum Gasteiger partial charge on any atom is -0.341 e. The van der Waals surface area contributed by atoms with E-state index in [-0.39, 0.29) is 11.9 Å². The van der Waals surface area contributed by atoms with Crippen LogP contribution >= 0.6 is 0 Å². The molecule has 3 rings (SSSR count). The second-order valence-corrected chi connectivity index (χ2v) is 7.61. The molecule has 1 aliphatic rings. The second kappa shape index (κ2) is 8.49. The molecule has 5 heteroatoms. The average Bonchev–Trinajstić information content (AvgIpc) is 3.14. The van der Waals surface area contributed by atoms with Crippen LogP contribution in [0.5, 0.6) is 0 Å². The summed E-state index contributed by atoms with van der Waals surface area (Å²) in [5, 5.41) is 4.27. The van der Waals surface area contributed by atoms with E-state index in [1.807, 2.05) is 48.2 Å². The molecular weight excluding hydrogens is 324 g/mol. The quantitative estimate of drug-likeness (QED) is 0.800. The monoisotopic (exact) mass is 354 g/mol. The van der Waals surface area contributed by atoms with Crippen LogP contribution in [-0.2, 0) is 11.3 Å². The number of nitrogens with zero attached hydrogens (tertiary/aromatic N) is 4. The van der Waals surface area contributed by atoms with Crippen molar-refractivity contribution in [3.05, 3.63) is 53.9 Å². The molecule has 1 fully saturated rings. The number of likely N-dealkylation sites (tertiary alicyclic amines) is 1. The Morgan fingerprint density at radius 3 is 2.65 bits per heavy atom. The average molecular weight is 354 g/mol. The third-order valence-corrected chi connectivity index (χ3v) is 5.36. The van der Waals surface area contributed by atoms with Crippen LogP contribution in [0.4, 0.5) is 0 Å². The summed E-state index contributed by atoms with van der Waals surface area (Å²) in [5.41, 5.74) is 2.28. The van der Waals surface area contributed by atoms with Crippen LogP contribution < -0.4 is 0 Å². The predicted octanol–water partition coefficient (Wildman–Crippen LogP) is 3.12. The maximum Gasteiger partial charge on any atom is 0.244 e. The highest BCUT2D eigenvalue weighted by Gasteiger charge is 2.30. The fraction of sp³-hybridized carbons (Fsp3) is 0.524. The second-order valence-electron chi connectivity index (χ2n) is 7.61. The van der Waals surface area contributed by atoms with E-state index in [1.165, 1.54) is 5.56 Å². The largest absolute Gasteiger partial charge is 0.341 e. The van der Waals surface area contributed by atoms with E-state index in [1.54, 1.807) is 0 Å². The van der Waals surface area contributed by atoms with Gasteiger partial charge in [0.05, 0.1) is 0 Å². The lowest BCUT2D eigenvalue weighted by molar-refractivity contribution is -0.137. The standard InChI is InChI=1S/C21H30N4O/c1-17-6-4-7-19(16-17)20(23(2)3)21(26)24-13-8-18(9-14-24)10-15-25-12-5-11-22-25/h4-7,11-12,16,18,20H,8-10,13-15H2,1-3H3/t20-/m1/s1. The van der Waals surface area contributed by atoms with Crippen LogP contribution in [0.15, 0.2) is 42.7 Å². The number of aryl methyl sites for hydroxylation is 2. The number of hydrogen-bond acceptors (Lipinski definition) is 3. The molecule has 1 amide bonds. The van der Waals surface area contributed by atoms with E-state index >= 15 is 0 Å². The van der Waals surface area contributed by atoms with Crippen LogP contribution in [0.3, 0.4) is 0 Å². The first-order valence-corrected chi connectivity index (χ1v) is 9.54. The maximum absolute atomic E-state index is 13.2. The summed E-state index contributed by atoms with van der Waals surface area (Å²) in [6.07, 6.45) is 7.15. The Hall–Kier alpha value is -2.14. The van der Waals surface area contributed by atoms with Crippen molar-refractivity contribution in [3.8, 4) is 0 Å². The lowest BCUT2D eigenvalue weighted by Crippen LogP contribution is -2.44. The van der Waals surface area contributed by atoms with Crippen molar-refractivity contribution in [2.45, 2.75) is 38.8 Å². The maximum atomic E-state index is 13.2. The van der Waals surface area contributed by atoms with E-state index in [9.17, 15) is 4.79 Å². The molecule has 0 saturated carbocycles. The Labute approximate surface area is 156 Å². The summed E-state index contributed by atoms with van der Waals surface area (Å²) in [6.45, 7) is 4.76. The lowest BCUT2D eigenvalue weighted by Gasteiger charge is -2.36. The smallest absolute Gasteiger partial charge is 0.244 e. The molecule has 0 N–H and O–H groups in total. The first kappa shape index (κ1) is 18.6. The Balaban J connectivity index is 1.57. The van der Waals surface area contributed by atoms with E-state index < -0.39 is 0 Å². The number of benzene rings is 1. The zero-order valence-electron chi connectivity index (χ0n) is 16.1. The molecule has 1 saturated heterocycles. The normalized spacial score (nSPS) is 16.8. The Morgan fingerprint density at radius 2 is 2.04 bits per heavy atom. The number of piperidine rings is 1. The first-order chi connectivity index (χ1) is 12.5. The number of likely N-dealkylation sites (N-methyl/N-ethyl adjacent to an activating group) is 1. The van der Waals surface area contributed by atoms with Crippen LogP contribution in [0.25, 0.3) is 0 Å². The number of aromatic nitrogens is 2. The summed E-state index contributed by atoms with van der Waals surface area (Å²) in [7, 11) is 3.98. The molecule has 1 aliphatic heterocycles. The molecule has 0 spiro atoms. The van der Waals surface area contributed by atoms with E-state index in [4.69, 9.17) is 0 Å². The molecule has 1 aromatic carbocycles. The molecule has 26 heavy (non-hydrogen) atoms. The van der Waals surface area contributed by atoms with E-state index in [2.05, 4.69) is 35.1 Å². The SMILES string of the molecule is Cc1cccc([C@H](C(=O)N2CCC(CCn3cccn3)CC2)N(C)C)c1. The molecule has 0 bridgehead atoms. The Kier molecular flexibility index (Phi) is 6.09. The van der Waals surface area contributed by atoms with Gasteiger partial charge in [-0.3, -0.25) is 14.4 Å². The van der Waals surface area contributed by atoms with Gasteiger partial charge in [0.2, 0.25) is 5.91 Å². The number of amides is 1. The zero-order valence-corrected chi connectivity index (χ0v) is 16.1. The third kappa shape index (κ3) is 4.52. The molecule has 140 valence electrons. The summed E-state index contributed by atoms with van der Waals surface area (Å²) in [4.78, 5) is 17.3. The topological polar surface area (TPSA) is 41.4 Å². The van der Waals surface area contributed by atoms with Gasteiger partial charge in [-0.1, -0.05) is 29.8 Å². The minimum absolute atomic E-state index is 0.199. The van der Waals surface area contributed by atoms with Gasteiger partial charge < -0.3 is 4.90 Å². The minimum atomic E-state index is -0.199. The molecule has 5 nitrogen and oxygen atoms in total. The zero-order chi connectivity index (χ0) is 18.5. The Morgan fingerprint density at radius 1 is 1.27 bits per heavy atom. The summed E-state index contributed by atoms with van der Waals surface area (Å²) < 4.78 is 2.00. The van der Waals surface area contributed by atoms with Crippen molar-refractivity contribution < 1.29 is 4.79 Å². The third-order valence-electron chi connectivity index (χ3n) is 5.36. The van der Waals surface area contributed by atoms with Crippen LogP contribution in [0.2, 0.25) is 0 Å². The molecule has 2 aromatic rings. The van der Waals surface area contributed by atoms with E-state index in [0.29, 0.717) is 5.92 Å². The van der Waals surface area contributed by atoms with Gasteiger partial charge in [0.1, 0.15) is 6.04 Å². The fourth-order valence-electron chi connectivity index (χ4n) is 3.86. The van der Waals surface area contributed by atoms with Gasteiger partial charge in [-0.2, -0.15) is 5.10 Å². The summed E-state index contributed by atoms with van der Waals surface area (Å²) >= 11 is 0. The predicted molar refractivity (Wildman–Crippen MR) is 104 cm³/mol. The molecular formula is C21H30N4O. The van der Waals surface area contributed by atoms with Crippen molar-refractivity contribution in [2.75, 3.05) is 27.2 Å². The highest BCUT2D eigenvalue weighted by Crippen LogP contribution is 2.26. The number of carbonyl (C=O) groups excluding carboxylic acids is 1. The van der Waals surface area contributed by atoms with Crippen LogP contribution in [-0.4, -0.2) is 52.7 Å². The van der Waals surface area contributed by atoms with Gasteiger partial charge in [-0.05, 0) is 57.8 Å². The van der Waals surface area contributed by atoms with Gasteiger partial charge in [0.25, 0.3) is 0 Å². The summed E-state index contributed by atoms with van der Waals surface area (Å²) in [6, 6.07) is 10.1. The van der Waals surface area contributed by atoms with E-state index in [0.717, 1.165) is 44.5 Å². The van der Waals surface area contributed by atoms with Crippen molar-refractivity contribution >= 4 is 5.91 Å². The molecule has 0 unspecified atom stereocenters. The van der Waals surface area contributed by atoms with Crippen molar-refractivity contribution in [3.63, 3.8) is 0 Å². The fourth-order valence-corrected chi connectivity index (χ4v) is 3.86. The molecule has 1 aromatic heterocycles. The highest BCUT2D eigenvalue weighted by atomic mass is 16.2. The lowest BCUT2D eigenvalue weighted by atomic mass is 9.92. The highest BCUT2D eigenvalue weighted by molar-refractivity contribution is 5.83. The molecule has 1 atom stereocenters. The van der Waals surface area contributed by atoms with Gasteiger partial charge in [-0.15, -0.1) is 0 Å². The van der Waals surface area contributed by atoms with Crippen molar-refractivity contribution in [2.24, 2.45) is 5.92 Å². The Bertz CT molecular complexity index is 703. The number of rotatable bonds is 6. The van der Waals surface area contributed by atoms with Crippen LogP contribution in [0, 0.1) is 12.8 Å². The molecule has 2 heterocycles. The van der Waals surface area contributed by atoms with Crippen molar-refractivity contribution in [1.82, 2.24) is 19.6 Å². The molecule has 0 radical (unpaired) electrons. The van der Waals surface area contributed by atoms with Gasteiger partial charge in [0, 0.05) is 32.0 Å². The summed E-state index contributed by atoms with van der Waals surface area (Å²) in [5.74, 6) is 0.908. The van der Waals surface area contributed by atoms with Gasteiger partial charge >= 0.3 is 0 Å².